The molecule has 1 aliphatic carbocycles. The van der Waals surface area contributed by atoms with Crippen molar-refractivity contribution in [3.05, 3.63) is 54.6 Å². The van der Waals surface area contributed by atoms with E-state index in [1.54, 1.807) is 19.2 Å². The largest absolute Gasteiger partial charge is 0.491 e. The van der Waals surface area contributed by atoms with E-state index in [0.717, 1.165) is 12.8 Å². The number of aliphatic hydroxyl groups is 3. The molecule has 0 radical (unpaired) electrons. The molecular weight excluding hydrogens is 370 g/mol. The molecule has 4 N–H and O–H groups in total. The fraction of sp³-hybridized carbons (Fsp3) is 0.522. The molecule has 0 aliphatic heterocycles. The van der Waals surface area contributed by atoms with E-state index in [-0.39, 0.29) is 24.3 Å². The van der Waals surface area contributed by atoms with Crippen molar-refractivity contribution in [1.29, 1.82) is 0 Å². The van der Waals surface area contributed by atoms with E-state index in [9.17, 15) is 20.1 Å². The first-order chi connectivity index (χ1) is 14.0. The van der Waals surface area contributed by atoms with Crippen LogP contribution in [0.3, 0.4) is 0 Å². The van der Waals surface area contributed by atoms with Gasteiger partial charge in [0.05, 0.1) is 12.2 Å². The number of nitrogens with one attached hydrogen (secondary N) is 1. The van der Waals surface area contributed by atoms with Crippen LogP contribution in [0.1, 0.15) is 32.1 Å². The van der Waals surface area contributed by atoms with Gasteiger partial charge in [0.15, 0.2) is 0 Å². The first kappa shape index (κ1) is 23.1. The summed E-state index contributed by atoms with van der Waals surface area (Å²) in [7, 11) is 1.63. The van der Waals surface area contributed by atoms with Crippen LogP contribution in [0, 0.1) is 11.8 Å². The average molecular weight is 404 g/mol. The van der Waals surface area contributed by atoms with Gasteiger partial charge in [-0.05, 0) is 37.3 Å². The number of hydrogen-bond acceptors (Lipinski definition) is 5. The molecule has 2 rings (SSSR count). The van der Waals surface area contributed by atoms with Crippen LogP contribution in [0.25, 0.3) is 0 Å². The summed E-state index contributed by atoms with van der Waals surface area (Å²) in [5.74, 6) is 0.411. The summed E-state index contributed by atoms with van der Waals surface area (Å²) < 4.78 is 5.53. The molecule has 0 aromatic heterocycles. The molecule has 5 atom stereocenters. The zero-order valence-electron chi connectivity index (χ0n) is 17.0. The molecule has 1 saturated carbocycles. The Morgan fingerprint density at radius 2 is 2.00 bits per heavy atom. The van der Waals surface area contributed by atoms with E-state index in [4.69, 9.17) is 4.74 Å². The molecule has 0 heterocycles. The maximum Gasteiger partial charge on any atom is 0.219 e. The number of rotatable bonds is 11. The van der Waals surface area contributed by atoms with E-state index in [1.807, 2.05) is 42.5 Å². The lowest BCUT2D eigenvalue weighted by Gasteiger charge is -2.19. The number of carbonyl (C=O) groups excluding carboxylic acids is 1. The van der Waals surface area contributed by atoms with Crippen LogP contribution in [-0.4, -0.2) is 53.2 Å². The quantitative estimate of drug-likeness (QED) is 0.335. The Morgan fingerprint density at radius 1 is 1.24 bits per heavy atom. The van der Waals surface area contributed by atoms with Crippen molar-refractivity contribution in [3.8, 4) is 5.75 Å². The highest BCUT2D eigenvalue weighted by molar-refractivity contribution is 5.75. The third-order valence-electron chi connectivity index (χ3n) is 5.26. The maximum absolute atomic E-state index is 11.2. The van der Waals surface area contributed by atoms with E-state index in [1.165, 1.54) is 0 Å². The highest BCUT2D eigenvalue weighted by atomic mass is 16.5. The fourth-order valence-corrected chi connectivity index (χ4v) is 3.59. The smallest absolute Gasteiger partial charge is 0.219 e. The van der Waals surface area contributed by atoms with Crippen molar-refractivity contribution < 1.29 is 24.9 Å². The first-order valence-electron chi connectivity index (χ1n) is 10.3. The van der Waals surface area contributed by atoms with Crippen molar-refractivity contribution in [3.63, 3.8) is 0 Å². The van der Waals surface area contributed by atoms with Crippen LogP contribution in [-0.2, 0) is 4.79 Å². The Kier molecular flexibility index (Phi) is 9.91. The second kappa shape index (κ2) is 12.4. The normalized spacial score (nSPS) is 25.5. The highest BCUT2D eigenvalue weighted by Crippen LogP contribution is 2.36. The Labute approximate surface area is 172 Å². The van der Waals surface area contributed by atoms with Crippen LogP contribution in [0.4, 0.5) is 0 Å². The zero-order chi connectivity index (χ0) is 21.1. The van der Waals surface area contributed by atoms with Crippen molar-refractivity contribution in [1.82, 2.24) is 5.32 Å². The minimum absolute atomic E-state index is 0.0349. The number of aliphatic hydroxyl groups excluding tert-OH is 3. The van der Waals surface area contributed by atoms with E-state index in [2.05, 4.69) is 5.32 Å². The van der Waals surface area contributed by atoms with Gasteiger partial charge in [-0.2, -0.15) is 0 Å². The third-order valence-corrected chi connectivity index (χ3v) is 5.26. The number of ether oxygens (including phenoxy) is 1. The molecule has 1 aromatic rings. The predicted molar refractivity (Wildman–Crippen MR) is 112 cm³/mol. The molecule has 1 aliphatic rings. The number of para-hydroxylation sites is 1. The summed E-state index contributed by atoms with van der Waals surface area (Å²) in [6.45, 7) is 0.127. The molecule has 6 nitrogen and oxygen atoms in total. The van der Waals surface area contributed by atoms with E-state index < -0.39 is 18.3 Å². The second-order valence-electron chi connectivity index (χ2n) is 7.46. The second-order valence-corrected chi connectivity index (χ2v) is 7.46. The summed E-state index contributed by atoms with van der Waals surface area (Å²) in [5.41, 5.74) is 0. The van der Waals surface area contributed by atoms with Crippen molar-refractivity contribution in [2.45, 2.75) is 50.4 Å². The monoisotopic (exact) mass is 403 g/mol. The van der Waals surface area contributed by atoms with Crippen LogP contribution in [0.2, 0.25) is 0 Å². The molecule has 0 spiro atoms. The number of hydrogen-bond donors (Lipinski definition) is 4. The molecule has 1 aromatic carbocycles. The topological polar surface area (TPSA) is 99.0 Å². The maximum atomic E-state index is 11.2. The van der Waals surface area contributed by atoms with Crippen LogP contribution in [0.15, 0.2) is 54.6 Å². The SMILES string of the molecule is CNC(=O)CCCC=CCC1C(O)CC(O)C1C=CC(O)COc1ccccc1. The number of amides is 1. The molecule has 160 valence electrons. The Balaban J connectivity index is 1.80. The van der Waals surface area contributed by atoms with Crippen molar-refractivity contribution in [2.24, 2.45) is 11.8 Å². The van der Waals surface area contributed by atoms with Crippen molar-refractivity contribution >= 4 is 5.91 Å². The van der Waals surface area contributed by atoms with Crippen molar-refractivity contribution in [2.75, 3.05) is 13.7 Å². The number of benzene rings is 1. The lowest BCUT2D eigenvalue weighted by Crippen LogP contribution is -2.21. The van der Waals surface area contributed by atoms with Gasteiger partial charge in [-0.1, -0.05) is 42.5 Å². The Bertz CT molecular complexity index is 660. The van der Waals surface area contributed by atoms with Gasteiger partial charge in [-0.15, -0.1) is 0 Å². The summed E-state index contributed by atoms with van der Waals surface area (Å²) in [5, 5.41) is 33.3. The van der Waals surface area contributed by atoms with E-state index >= 15 is 0 Å². The average Bonchev–Trinajstić information content (AvgIpc) is 3.00. The summed E-state index contributed by atoms with van der Waals surface area (Å²) in [6.07, 6.45) is 8.51. The highest BCUT2D eigenvalue weighted by Gasteiger charge is 2.39. The molecule has 1 amide bonds. The van der Waals surface area contributed by atoms with Gasteiger partial charge in [0.1, 0.15) is 18.5 Å². The molecular formula is C23H33NO5. The zero-order valence-corrected chi connectivity index (χ0v) is 17.0. The van der Waals surface area contributed by atoms with Crippen LogP contribution < -0.4 is 10.1 Å². The molecule has 1 fully saturated rings. The lowest BCUT2D eigenvalue weighted by atomic mass is 9.89. The molecule has 5 unspecified atom stereocenters. The summed E-state index contributed by atoms with van der Waals surface area (Å²) in [4.78, 5) is 11.2. The van der Waals surface area contributed by atoms with Crippen LogP contribution in [0.5, 0.6) is 5.75 Å². The molecule has 0 saturated heterocycles. The molecule has 6 heteroatoms. The standard InChI is InChI=1S/C23H33NO5/c1-24-23(28)12-8-3-2-7-11-19-20(22(27)15-21(19)26)14-13-17(25)16-29-18-9-5-4-6-10-18/h2,4-7,9-10,13-14,17,19-22,25-27H,3,8,11-12,15-16H2,1H3,(H,24,28). The molecule has 29 heavy (non-hydrogen) atoms. The minimum atomic E-state index is -0.791. The van der Waals surface area contributed by atoms with Gasteiger partial charge >= 0.3 is 0 Å². The predicted octanol–water partition coefficient (Wildman–Crippen LogP) is 2.20. The third kappa shape index (κ3) is 8.01. The molecule has 0 bridgehead atoms. The van der Waals surface area contributed by atoms with Gasteiger partial charge in [0.2, 0.25) is 5.91 Å². The lowest BCUT2D eigenvalue weighted by molar-refractivity contribution is -0.120. The Hall–Kier alpha value is -2.15. The van der Waals surface area contributed by atoms with Gasteiger partial charge in [0.25, 0.3) is 0 Å². The first-order valence-corrected chi connectivity index (χ1v) is 10.3. The number of allylic oxidation sites excluding steroid dienone is 2. The van der Waals surface area contributed by atoms with E-state index in [0.29, 0.717) is 25.0 Å². The number of unbranched alkanes of at least 4 members (excludes halogenated alkanes) is 1. The van der Waals surface area contributed by atoms with Gasteiger partial charge in [-0.25, -0.2) is 0 Å². The minimum Gasteiger partial charge on any atom is -0.491 e. The van der Waals surface area contributed by atoms with Gasteiger partial charge < -0.3 is 25.4 Å². The fourth-order valence-electron chi connectivity index (χ4n) is 3.59. The Morgan fingerprint density at radius 3 is 2.72 bits per heavy atom. The van der Waals surface area contributed by atoms with Gasteiger partial charge in [-0.3, -0.25) is 4.79 Å². The van der Waals surface area contributed by atoms with Gasteiger partial charge in [0, 0.05) is 25.8 Å². The number of carbonyl (C=O) groups is 1. The summed E-state index contributed by atoms with van der Waals surface area (Å²) in [6, 6.07) is 9.27. The van der Waals surface area contributed by atoms with Crippen LogP contribution >= 0.6 is 0 Å². The summed E-state index contributed by atoms with van der Waals surface area (Å²) >= 11 is 0.